The van der Waals surface area contributed by atoms with Crippen molar-refractivity contribution in [2.45, 2.75) is 0 Å². The smallest absolute Gasteiger partial charge is 0.0645 e. The number of para-hydroxylation sites is 1. The maximum Gasteiger partial charge on any atom is 0.0645 e. The first kappa shape index (κ1) is 20.8. The molecule has 53 heavy (non-hydrogen) atoms. The van der Waals surface area contributed by atoms with Crippen LogP contribution in [0, 0.1) is 0 Å². The molecule has 0 unspecified atom stereocenters. The summed E-state index contributed by atoms with van der Waals surface area (Å²) in [6.07, 6.45) is 0. The van der Waals surface area contributed by atoms with E-state index in [1.54, 1.807) is 4.90 Å². The van der Waals surface area contributed by atoms with Crippen molar-refractivity contribution in [2.75, 3.05) is 4.90 Å². The van der Waals surface area contributed by atoms with E-state index in [1.165, 1.54) is 0 Å². The lowest BCUT2D eigenvalue weighted by molar-refractivity contribution is 1.28. The molecular formula is C52H37N. The maximum atomic E-state index is 9.56. The minimum atomic E-state index is -0.772. The summed E-state index contributed by atoms with van der Waals surface area (Å²) < 4.78 is 115. The van der Waals surface area contributed by atoms with Gasteiger partial charge in [0, 0.05) is 16.9 Å². The van der Waals surface area contributed by atoms with E-state index in [0.29, 0.717) is 11.4 Å². The molecular weight excluding hydrogens is 639 g/mol. The zero-order valence-corrected chi connectivity index (χ0v) is 28.3. The van der Waals surface area contributed by atoms with E-state index in [-0.39, 0.29) is 5.69 Å². The van der Waals surface area contributed by atoms with Crippen molar-refractivity contribution >= 4 is 27.8 Å². The minimum absolute atomic E-state index is 0.131. The molecule has 1 nitrogen and oxygen atoms in total. The van der Waals surface area contributed by atoms with Gasteiger partial charge in [-0.1, -0.05) is 188 Å². The van der Waals surface area contributed by atoms with Crippen molar-refractivity contribution in [2.24, 2.45) is 0 Å². The van der Waals surface area contributed by atoms with Gasteiger partial charge < -0.3 is 4.90 Å². The molecule has 0 spiro atoms. The second-order valence-electron chi connectivity index (χ2n) is 12.3. The molecule has 0 aliphatic carbocycles. The number of nitrogens with zero attached hydrogens (tertiary/aromatic N) is 1. The highest BCUT2D eigenvalue weighted by molar-refractivity contribution is 5.97. The summed E-state index contributed by atoms with van der Waals surface area (Å²) in [5.41, 5.74) is 4.35. The summed E-state index contributed by atoms with van der Waals surface area (Å²) in [4.78, 5) is 1.65. The molecule has 0 atom stereocenters. The van der Waals surface area contributed by atoms with Crippen LogP contribution in [0.3, 0.4) is 0 Å². The van der Waals surface area contributed by atoms with Gasteiger partial charge in [-0.05, 0) is 97.2 Å². The van der Waals surface area contributed by atoms with E-state index in [1.807, 2.05) is 109 Å². The molecule has 0 fully saturated rings. The Kier molecular flexibility index (Phi) is 5.62. The van der Waals surface area contributed by atoms with Crippen LogP contribution >= 0.6 is 0 Å². The van der Waals surface area contributed by atoms with Gasteiger partial charge >= 0.3 is 0 Å². The number of hydrogen-bond donors (Lipinski definition) is 0. The molecule has 0 saturated heterocycles. The number of anilines is 3. The molecule has 0 N–H and O–H groups in total. The van der Waals surface area contributed by atoms with Crippen LogP contribution in [0.1, 0.15) is 17.8 Å². The van der Waals surface area contributed by atoms with Crippen molar-refractivity contribution in [1.82, 2.24) is 0 Å². The highest BCUT2D eigenvalue weighted by Gasteiger charge is 2.17. The summed E-state index contributed by atoms with van der Waals surface area (Å²) in [7, 11) is 0. The largest absolute Gasteiger partial charge is 0.310 e. The molecule has 9 aromatic rings. The maximum absolute atomic E-state index is 9.56. The first-order valence-electron chi connectivity index (χ1n) is 23.6. The second-order valence-corrected chi connectivity index (χ2v) is 12.3. The lowest BCUT2D eigenvalue weighted by atomic mass is 9.95. The third-order valence-corrected chi connectivity index (χ3v) is 9.11. The second kappa shape index (κ2) is 14.3. The van der Waals surface area contributed by atoms with Crippen molar-refractivity contribution in [1.29, 1.82) is 0 Å². The quantitative estimate of drug-likeness (QED) is 0.154. The Balaban J connectivity index is 1.21. The van der Waals surface area contributed by atoms with Crippen LogP contribution in [0.25, 0.3) is 66.4 Å². The summed E-state index contributed by atoms with van der Waals surface area (Å²) in [5.74, 6) is 0. The van der Waals surface area contributed by atoms with E-state index in [2.05, 4.69) is 36.4 Å². The molecule has 1 heteroatoms. The molecule has 0 radical (unpaired) electrons. The third kappa shape index (κ3) is 6.53. The summed E-state index contributed by atoms with van der Waals surface area (Å²) in [5, 5.41) is 2.27. The van der Waals surface area contributed by atoms with Crippen LogP contribution in [0.5, 0.6) is 0 Å². The normalized spacial score (nSPS) is 14.5. The van der Waals surface area contributed by atoms with Gasteiger partial charge in [-0.25, -0.2) is 0 Å². The summed E-state index contributed by atoms with van der Waals surface area (Å²) in [6, 6.07) is 38.2. The van der Waals surface area contributed by atoms with Crippen molar-refractivity contribution in [3.8, 4) is 55.6 Å². The monoisotopic (exact) mass is 688 g/mol. The molecule has 0 aliphatic heterocycles. The standard InChI is InChI=1S/C52H37N/c1-3-13-38(14-4-1)39-25-27-40(28-26-39)41-29-33-47(34-30-41)53(52-24-10-9-22-51(52)44-15-5-2-6-16-44)48-35-31-42(32-36-48)45-19-11-20-46(37-45)50-23-12-18-43-17-7-8-21-49(43)50/h1-37H/i1D,3D,4D,13D,14D,25D,26D,27D,28D,29D,30D,33D,34D. The van der Waals surface area contributed by atoms with Crippen LogP contribution < -0.4 is 4.90 Å². The molecule has 0 saturated carbocycles. The van der Waals surface area contributed by atoms with Gasteiger partial charge in [0.25, 0.3) is 0 Å². The summed E-state index contributed by atoms with van der Waals surface area (Å²) in [6.45, 7) is 0. The first-order chi connectivity index (χ1) is 31.7. The number of fused-ring (bicyclic) bond motifs is 1. The first-order valence-corrected chi connectivity index (χ1v) is 17.1. The molecule has 9 rings (SSSR count). The van der Waals surface area contributed by atoms with Crippen molar-refractivity contribution < 1.29 is 17.8 Å². The van der Waals surface area contributed by atoms with E-state index >= 15 is 0 Å². The van der Waals surface area contributed by atoms with Crippen molar-refractivity contribution in [3.05, 3.63) is 224 Å². The van der Waals surface area contributed by atoms with E-state index in [4.69, 9.17) is 12.3 Å². The Morgan fingerprint density at radius 2 is 0.868 bits per heavy atom. The lowest BCUT2D eigenvalue weighted by Crippen LogP contribution is -2.11. The van der Waals surface area contributed by atoms with Crippen LogP contribution in [0.15, 0.2) is 224 Å². The van der Waals surface area contributed by atoms with E-state index in [0.717, 1.165) is 44.2 Å². The Hall–Kier alpha value is -6.96. The fraction of sp³-hybridized carbons (Fsp3) is 0. The topological polar surface area (TPSA) is 3.24 Å². The Morgan fingerprint density at radius 1 is 0.321 bits per heavy atom. The highest BCUT2D eigenvalue weighted by atomic mass is 15.1. The van der Waals surface area contributed by atoms with Crippen LogP contribution in [-0.2, 0) is 0 Å². The number of benzene rings is 9. The van der Waals surface area contributed by atoms with Crippen LogP contribution in [-0.4, -0.2) is 0 Å². The molecule has 0 amide bonds. The lowest BCUT2D eigenvalue weighted by Gasteiger charge is -2.28. The molecule has 0 aliphatic rings. The SMILES string of the molecule is [2H]c1c([2H])c([2H])c(-c2c([2H])c([2H])c(-c3c([2H])c([2H])c(N(c4ccc(-c5cccc(-c6cccc7ccccc67)c5)cc4)c4ccccc4-c4ccccc4)c([2H])c3[2H])c([2H])c2[2H])c([2H])c1[2H]. The van der Waals surface area contributed by atoms with Gasteiger partial charge in [0.05, 0.1) is 23.5 Å². The number of hydrogen-bond acceptors (Lipinski definition) is 1. The molecule has 250 valence electrons. The van der Waals surface area contributed by atoms with E-state index in [9.17, 15) is 5.48 Å². The molecule has 0 heterocycles. The van der Waals surface area contributed by atoms with Gasteiger partial charge in [0.15, 0.2) is 0 Å². The van der Waals surface area contributed by atoms with Gasteiger partial charge in [-0.3, -0.25) is 0 Å². The average molecular weight is 689 g/mol. The van der Waals surface area contributed by atoms with Crippen molar-refractivity contribution in [3.63, 3.8) is 0 Å². The Morgan fingerprint density at radius 3 is 1.62 bits per heavy atom. The zero-order valence-electron chi connectivity index (χ0n) is 41.3. The fourth-order valence-electron chi connectivity index (χ4n) is 6.55. The van der Waals surface area contributed by atoms with Crippen LogP contribution in [0.4, 0.5) is 17.1 Å². The van der Waals surface area contributed by atoms with Gasteiger partial charge in [0.1, 0.15) is 0 Å². The van der Waals surface area contributed by atoms with Gasteiger partial charge in [-0.15, -0.1) is 0 Å². The predicted molar refractivity (Wildman–Crippen MR) is 226 cm³/mol. The fourth-order valence-corrected chi connectivity index (χ4v) is 6.55. The molecule has 0 bridgehead atoms. The highest BCUT2D eigenvalue weighted by Crippen LogP contribution is 2.42. The summed E-state index contributed by atoms with van der Waals surface area (Å²) >= 11 is 0. The third-order valence-electron chi connectivity index (χ3n) is 9.11. The minimum Gasteiger partial charge on any atom is -0.310 e. The Labute approximate surface area is 330 Å². The van der Waals surface area contributed by atoms with Gasteiger partial charge in [-0.2, -0.15) is 0 Å². The number of rotatable bonds is 8. The zero-order chi connectivity index (χ0) is 46.7. The average Bonchev–Trinajstić information content (AvgIpc) is 3.35. The molecule has 0 aromatic heterocycles. The Bertz CT molecular complexity index is 3320. The van der Waals surface area contributed by atoms with Crippen LogP contribution in [0.2, 0.25) is 0 Å². The molecule has 9 aromatic carbocycles. The predicted octanol–water partition coefficient (Wildman–Crippen LogP) is 14.6. The van der Waals surface area contributed by atoms with E-state index < -0.39 is 101 Å². The van der Waals surface area contributed by atoms with Gasteiger partial charge in [0.2, 0.25) is 0 Å².